The smallest absolute Gasteiger partial charge is 0.221 e. The van der Waals surface area contributed by atoms with Crippen LogP contribution in [0.15, 0.2) is 60.9 Å². The number of rotatable bonds is 8. The number of thiocarbonyl (C=S) groups is 1. The van der Waals surface area contributed by atoms with Gasteiger partial charge < -0.3 is 29.6 Å². The summed E-state index contributed by atoms with van der Waals surface area (Å²) >= 11 is 5.81. The minimum atomic E-state index is -0.177. The minimum Gasteiger partial charge on any atom is -0.495 e. The van der Waals surface area contributed by atoms with Crippen LogP contribution in [0.3, 0.4) is 0 Å². The third kappa shape index (κ3) is 4.69. The average Bonchev–Trinajstić information content (AvgIpc) is 3.41. The quantitative estimate of drug-likeness (QED) is 0.491. The van der Waals surface area contributed by atoms with E-state index in [1.165, 1.54) is 6.92 Å². The van der Waals surface area contributed by atoms with E-state index in [-0.39, 0.29) is 18.0 Å². The normalized spacial score (nSPS) is 17.7. The number of carbonyl (C=O) groups excluding carboxylic acids is 1. The lowest BCUT2D eigenvalue weighted by molar-refractivity contribution is -0.114. The van der Waals surface area contributed by atoms with Crippen LogP contribution in [0.1, 0.15) is 30.4 Å². The van der Waals surface area contributed by atoms with Gasteiger partial charge in [0.2, 0.25) is 5.91 Å². The second kappa shape index (κ2) is 10.0. The first-order valence-electron chi connectivity index (χ1n) is 10.6. The zero-order valence-corrected chi connectivity index (χ0v) is 19.6. The van der Waals surface area contributed by atoms with Gasteiger partial charge in [-0.3, -0.25) is 9.78 Å². The molecular weight excluding hydrogens is 438 g/mol. The third-order valence-corrected chi connectivity index (χ3v) is 5.89. The highest BCUT2D eigenvalue weighted by molar-refractivity contribution is 7.80. The summed E-state index contributed by atoms with van der Waals surface area (Å²) in [5, 5.41) is 6.89. The Hall–Kier alpha value is -3.43. The summed E-state index contributed by atoms with van der Waals surface area (Å²) in [5.74, 6) is 0.400. The second-order valence-corrected chi connectivity index (χ2v) is 8.07. The van der Waals surface area contributed by atoms with Gasteiger partial charge in [-0.15, -0.1) is 0 Å². The van der Waals surface area contributed by atoms with Gasteiger partial charge in [-0.25, -0.2) is 0 Å². The van der Waals surface area contributed by atoms with Crippen molar-refractivity contribution in [3.63, 3.8) is 0 Å². The Balaban J connectivity index is 1.82. The number of anilines is 2. The molecule has 3 heterocycles. The van der Waals surface area contributed by atoms with Gasteiger partial charge in [0.15, 0.2) is 5.11 Å². The molecule has 0 unspecified atom stereocenters. The fraction of sp³-hybridized carbons (Fsp3) is 0.292. The SMILES string of the molecule is COCCn1cccc1[C@H]1[C@@H](c2ccccn2)NC(=S)N1c1ccc(OC)c(NC(C)=O)c1. The number of carbonyl (C=O) groups is 1. The zero-order valence-electron chi connectivity index (χ0n) is 18.8. The molecule has 1 saturated heterocycles. The third-order valence-electron chi connectivity index (χ3n) is 5.57. The molecule has 1 aliphatic rings. The molecule has 0 radical (unpaired) electrons. The van der Waals surface area contributed by atoms with E-state index in [0.29, 0.717) is 29.7 Å². The van der Waals surface area contributed by atoms with E-state index < -0.39 is 0 Å². The lowest BCUT2D eigenvalue weighted by Gasteiger charge is -2.29. The van der Waals surface area contributed by atoms with Gasteiger partial charge in [0.05, 0.1) is 31.1 Å². The van der Waals surface area contributed by atoms with E-state index in [0.717, 1.165) is 17.1 Å². The summed E-state index contributed by atoms with van der Waals surface area (Å²) in [6, 6.07) is 15.3. The van der Waals surface area contributed by atoms with Crippen LogP contribution in [-0.2, 0) is 16.1 Å². The number of nitrogens with zero attached hydrogens (tertiary/aromatic N) is 3. The van der Waals surface area contributed by atoms with Crippen LogP contribution in [0.2, 0.25) is 0 Å². The van der Waals surface area contributed by atoms with E-state index in [1.54, 1.807) is 20.4 Å². The van der Waals surface area contributed by atoms with E-state index in [9.17, 15) is 4.79 Å². The van der Waals surface area contributed by atoms with Gasteiger partial charge in [-0.2, -0.15) is 0 Å². The number of pyridine rings is 1. The standard InChI is InChI=1S/C24H27N5O3S/c1-16(30)26-19-15-17(9-10-21(19)32-3)29-23(20-8-6-12-28(20)13-14-31-2)22(27-24(29)33)18-7-4-5-11-25-18/h4-12,15,22-23H,13-14H2,1-3H3,(H,26,30)(H,27,33)/t22-,23+/m1/s1. The molecule has 2 atom stereocenters. The highest BCUT2D eigenvalue weighted by Crippen LogP contribution is 2.43. The molecule has 172 valence electrons. The van der Waals surface area contributed by atoms with Crippen molar-refractivity contribution in [2.45, 2.75) is 25.6 Å². The molecule has 2 N–H and O–H groups in total. The number of methoxy groups -OCH3 is 2. The Morgan fingerprint density at radius 2 is 2.06 bits per heavy atom. The van der Waals surface area contributed by atoms with Crippen molar-refractivity contribution in [3.8, 4) is 5.75 Å². The van der Waals surface area contributed by atoms with Crippen LogP contribution in [0.4, 0.5) is 11.4 Å². The lowest BCUT2D eigenvalue weighted by atomic mass is 10.0. The molecule has 1 fully saturated rings. The summed E-state index contributed by atoms with van der Waals surface area (Å²) in [4.78, 5) is 18.4. The van der Waals surface area contributed by atoms with Crippen LogP contribution in [0.5, 0.6) is 5.75 Å². The number of nitrogens with one attached hydrogen (secondary N) is 2. The fourth-order valence-electron chi connectivity index (χ4n) is 4.16. The summed E-state index contributed by atoms with van der Waals surface area (Å²) in [5.41, 5.74) is 3.38. The van der Waals surface area contributed by atoms with Crippen LogP contribution in [0, 0.1) is 0 Å². The van der Waals surface area contributed by atoms with Crippen molar-refractivity contribution < 1.29 is 14.3 Å². The second-order valence-electron chi connectivity index (χ2n) is 7.68. The maximum Gasteiger partial charge on any atom is 0.221 e. The molecule has 2 aromatic heterocycles. The Labute approximate surface area is 198 Å². The Kier molecular flexibility index (Phi) is 6.90. The van der Waals surface area contributed by atoms with Crippen molar-refractivity contribution >= 4 is 34.6 Å². The molecule has 9 heteroatoms. The number of hydrogen-bond donors (Lipinski definition) is 2. The van der Waals surface area contributed by atoms with Crippen LogP contribution < -0.4 is 20.3 Å². The average molecular weight is 466 g/mol. The Morgan fingerprint density at radius 3 is 2.76 bits per heavy atom. The molecule has 0 spiro atoms. The highest BCUT2D eigenvalue weighted by atomic mass is 32.1. The first-order valence-corrected chi connectivity index (χ1v) is 11.0. The molecule has 1 aromatic carbocycles. The largest absolute Gasteiger partial charge is 0.495 e. The van der Waals surface area contributed by atoms with Gasteiger partial charge in [0.1, 0.15) is 11.8 Å². The molecule has 4 rings (SSSR count). The predicted octanol–water partition coefficient (Wildman–Crippen LogP) is 3.67. The Morgan fingerprint density at radius 1 is 1.21 bits per heavy atom. The predicted molar refractivity (Wildman–Crippen MR) is 132 cm³/mol. The lowest BCUT2D eigenvalue weighted by Crippen LogP contribution is -2.30. The van der Waals surface area contributed by atoms with E-state index in [4.69, 9.17) is 21.7 Å². The number of hydrogen-bond acceptors (Lipinski definition) is 5. The van der Waals surface area contributed by atoms with Gasteiger partial charge in [0.25, 0.3) is 0 Å². The number of benzene rings is 1. The van der Waals surface area contributed by atoms with Crippen molar-refractivity contribution in [2.24, 2.45) is 0 Å². The maximum atomic E-state index is 11.8. The molecular formula is C24H27N5O3S. The first-order chi connectivity index (χ1) is 16.0. The summed E-state index contributed by atoms with van der Waals surface area (Å²) in [6.07, 6.45) is 3.83. The molecule has 1 amide bonds. The minimum absolute atomic E-state index is 0.166. The van der Waals surface area contributed by atoms with Crippen molar-refractivity contribution in [1.29, 1.82) is 0 Å². The summed E-state index contributed by atoms with van der Waals surface area (Å²) < 4.78 is 12.9. The molecule has 8 nitrogen and oxygen atoms in total. The molecule has 0 bridgehead atoms. The van der Waals surface area contributed by atoms with E-state index >= 15 is 0 Å². The number of ether oxygens (including phenoxy) is 2. The fourth-order valence-corrected chi connectivity index (χ4v) is 4.50. The topological polar surface area (TPSA) is 80.7 Å². The molecule has 0 aliphatic carbocycles. The van der Waals surface area contributed by atoms with Crippen LogP contribution >= 0.6 is 12.2 Å². The van der Waals surface area contributed by atoms with Crippen molar-refractivity contribution in [3.05, 3.63) is 72.3 Å². The highest BCUT2D eigenvalue weighted by Gasteiger charge is 2.42. The summed E-state index contributed by atoms with van der Waals surface area (Å²) in [6.45, 7) is 2.77. The molecule has 33 heavy (non-hydrogen) atoms. The zero-order chi connectivity index (χ0) is 23.4. The molecule has 0 saturated carbocycles. The first kappa shape index (κ1) is 22.8. The summed E-state index contributed by atoms with van der Waals surface area (Å²) in [7, 11) is 3.27. The van der Waals surface area contributed by atoms with Crippen LogP contribution in [-0.4, -0.2) is 41.4 Å². The van der Waals surface area contributed by atoms with Gasteiger partial charge >= 0.3 is 0 Å². The maximum absolute atomic E-state index is 11.8. The Bertz CT molecular complexity index is 1130. The molecule has 1 aliphatic heterocycles. The van der Waals surface area contributed by atoms with Gasteiger partial charge in [-0.1, -0.05) is 6.07 Å². The number of amides is 1. The van der Waals surface area contributed by atoms with Crippen molar-refractivity contribution in [2.75, 3.05) is 31.0 Å². The number of aromatic nitrogens is 2. The van der Waals surface area contributed by atoms with E-state index in [1.807, 2.05) is 48.7 Å². The molecule has 3 aromatic rings. The van der Waals surface area contributed by atoms with Crippen LogP contribution in [0.25, 0.3) is 0 Å². The van der Waals surface area contributed by atoms with Crippen molar-refractivity contribution in [1.82, 2.24) is 14.9 Å². The van der Waals surface area contributed by atoms with Gasteiger partial charge in [-0.05, 0) is 54.7 Å². The van der Waals surface area contributed by atoms with E-state index in [2.05, 4.69) is 31.2 Å². The van der Waals surface area contributed by atoms with Gasteiger partial charge in [0, 0.05) is 44.4 Å². The monoisotopic (exact) mass is 465 g/mol.